The van der Waals surface area contributed by atoms with E-state index in [0.29, 0.717) is 12.6 Å². The largest absolute Gasteiger partial charge is 0.312 e. The first-order valence-corrected chi connectivity index (χ1v) is 3.76. The lowest BCUT2D eigenvalue weighted by Gasteiger charge is -2.38. The number of carbonyl (C=O) groups is 1. The quantitative estimate of drug-likeness (QED) is 0.536. The monoisotopic (exact) mass is 142 g/mol. The minimum Gasteiger partial charge on any atom is -0.312 e. The van der Waals surface area contributed by atoms with Gasteiger partial charge in [0.2, 0.25) is 0 Å². The van der Waals surface area contributed by atoms with E-state index in [1.54, 1.807) is 0 Å². The molecule has 0 aromatic rings. The first-order chi connectivity index (χ1) is 4.86. The SMILES string of the molecule is CCNC1CN(CC=O)C1. The summed E-state index contributed by atoms with van der Waals surface area (Å²) in [7, 11) is 0. The number of aldehydes is 1. The van der Waals surface area contributed by atoms with E-state index in [9.17, 15) is 4.79 Å². The molecular formula is C7H14N2O. The standard InChI is InChI=1S/C7H14N2O/c1-2-8-7-5-9(6-7)3-4-10/h4,7-8H,2-3,5-6H2,1H3. The van der Waals surface area contributed by atoms with Crippen LogP contribution in [0.5, 0.6) is 0 Å². The van der Waals surface area contributed by atoms with Gasteiger partial charge in [-0.05, 0) is 6.54 Å². The van der Waals surface area contributed by atoms with E-state index in [2.05, 4.69) is 17.1 Å². The van der Waals surface area contributed by atoms with E-state index in [4.69, 9.17) is 0 Å². The van der Waals surface area contributed by atoms with Gasteiger partial charge in [0.1, 0.15) is 6.29 Å². The average molecular weight is 142 g/mol. The number of hydrogen-bond donors (Lipinski definition) is 1. The van der Waals surface area contributed by atoms with Crippen molar-refractivity contribution in [3.05, 3.63) is 0 Å². The summed E-state index contributed by atoms with van der Waals surface area (Å²) in [5.41, 5.74) is 0. The van der Waals surface area contributed by atoms with Crippen LogP contribution in [-0.4, -0.2) is 43.4 Å². The highest BCUT2D eigenvalue weighted by Crippen LogP contribution is 2.04. The summed E-state index contributed by atoms with van der Waals surface area (Å²) in [6.07, 6.45) is 0.960. The van der Waals surface area contributed by atoms with Gasteiger partial charge in [-0.15, -0.1) is 0 Å². The van der Waals surface area contributed by atoms with Gasteiger partial charge in [0, 0.05) is 19.1 Å². The maximum absolute atomic E-state index is 10.0. The van der Waals surface area contributed by atoms with E-state index in [-0.39, 0.29) is 0 Å². The fourth-order valence-electron chi connectivity index (χ4n) is 1.24. The minimum absolute atomic E-state index is 0.599. The highest BCUT2D eigenvalue weighted by molar-refractivity contribution is 5.52. The third kappa shape index (κ3) is 1.78. The Morgan fingerprint density at radius 2 is 2.40 bits per heavy atom. The minimum atomic E-state index is 0.599. The van der Waals surface area contributed by atoms with Gasteiger partial charge in [0.25, 0.3) is 0 Å². The molecule has 10 heavy (non-hydrogen) atoms. The lowest BCUT2D eigenvalue weighted by Crippen LogP contribution is -2.58. The molecule has 0 amide bonds. The predicted octanol–water partition coefficient (Wildman–Crippen LogP) is -0.521. The Bertz CT molecular complexity index is 110. The average Bonchev–Trinajstić information content (AvgIpc) is 1.84. The van der Waals surface area contributed by atoms with Crippen molar-refractivity contribution < 1.29 is 4.79 Å². The van der Waals surface area contributed by atoms with Crippen LogP contribution in [0.4, 0.5) is 0 Å². The van der Waals surface area contributed by atoms with Crippen LogP contribution in [0.3, 0.4) is 0 Å². The number of rotatable bonds is 4. The molecule has 0 aromatic heterocycles. The van der Waals surface area contributed by atoms with Crippen LogP contribution in [0.15, 0.2) is 0 Å². The first-order valence-electron chi connectivity index (χ1n) is 3.76. The lowest BCUT2D eigenvalue weighted by molar-refractivity contribution is -0.109. The molecule has 0 aromatic carbocycles. The Kier molecular flexibility index (Phi) is 2.83. The van der Waals surface area contributed by atoms with Crippen LogP contribution >= 0.6 is 0 Å². The first kappa shape index (κ1) is 7.69. The molecule has 1 N–H and O–H groups in total. The third-order valence-corrected chi connectivity index (χ3v) is 1.78. The van der Waals surface area contributed by atoms with Crippen LogP contribution in [0.1, 0.15) is 6.92 Å². The summed E-state index contributed by atoms with van der Waals surface area (Å²) in [5, 5.41) is 3.31. The smallest absolute Gasteiger partial charge is 0.133 e. The molecular weight excluding hydrogens is 128 g/mol. The molecule has 1 saturated heterocycles. The van der Waals surface area contributed by atoms with Gasteiger partial charge >= 0.3 is 0 Å². The van der Waals surface area contributed by atoms with E-state index < -0.39 is 0 Å². The molecule has 0 atom stereocenters. The molecule has 1 heterocycles. The molecule has 1 aliphatic heterocycles. The Morgan fingerprint density at radius 3 is 2.90 bits per heavy atom. The number of likely N-dealkylation sites (N-methyl/N-ethyl adjacent to an activating group) is 1. The third-order valence-electron chi connectivity index (χ3n) is 1.78. The second-order valence-corrected chi connectivity index (χ2v) is 2.64. The molecule has 3 nitrogen and oxygen atoms in total. The van der Waals surface area contributed by atoms with Crippen molar-refractivity contribution in [2.45, 2.75) is 13.0 Å². The zero-order chi connectivity index (χ0) is 7.40. The molecule has 0 unspecified atom stereocenters. The zero-order valence-corrected chi connectivity index (χ0v) is 6.34. The van der Waals surface area contributed by atoms with E-state index in [1.807, 2.05) is 0 Å². The highest BCUT2D eigenvalue weighted by atomic mass is 16.1. The molecule has 0 radical (unpaired) electrons. The van der Waals surface area contributed by atoms with Gasteiger partial charge in [0.15, 0.2) is 0 Å². The zero-order valence-electron chi connectivity index (χ0n) is 6.34. The summed E-state index contributed by atoms with van der Waals surface area (Å²) >= 11 is 0. The van der Waals surface area contributed by atoms with E-state index in [1.165, 1.54) is 0 Å². The van der Waals surface area contributed by atoms with Crippen molar-refractivity contribution in [1.82, 2.24) is 10.2 Å². The molecule has 0 spiro atoms. The fourth-order valence-corrected chi connectivity index (χ4v) is 1.24. The molecule has 0 aliphatic carbocycles. The van der Waals surface area contributed by atoms with E-state index in [0.717, 1.165) is 25.9 Å². The Balaban J connectivity index is 2.00. The second kappa shape index (κ2) is 3.68. The molecule has 1 aliphatic rings. The normalized spacial score (nSPS) is 20.5. The van der Waals surface area contributed by atoms with Gasteiger partial charge < -0.3 is 10.1 Å². The molecule has 0 bridgehead atoms. The topological polar surface area (TPSA) is 32.3 Å². The maximum Gasteiger partial charge on any atom is 0.133 e. The number of hydrogen-bond acceptors (Lipinski definition) is 3. The maximum atomic E-state index is 10.0. The van der Waals surface area contributed by atoms with Gasteiger partial charge in [-0.3, -0.25) is 4.90 Å². The van der Waals surface area contributed by atoms with Crippen molar-refractivity contribution in [2.24, 2.45) is 0 Å². The van der Waals surface area contributed by atoms with Crippen molar-refractivity contribution in [3.8, 4) is 0 Å². The molecule has 58 valence electrons. The lowest BCUT2D eigenvalue weighted by atomic mass is 10.1. The summed E-state index contributed by atoms with van der Waals surface area (Å²) in [5.74, 6) is 0. The van der Waals surface area contributed by atoms with Gasteiger partial charge in [-0.2, -0.15) is 0 Å². The Labute approximate surface area is 61.4 Å². The molecule has 3 heteroatoms. The van der Waals surface area contributed by atoms with Crippen molar-refractivity contribution in [3.63, 3.8) is 0 Å². The molecule has 0 saturated carbocycles. The summed E-state index contributed by atoms with van der Waals surface area (Å²) in [4.78, 5) is 12.1. The number of likely N-dealkylation sites (tertiary alicyclic amines) is 1. The summed E-state index contributed by atoms with van der Waals surface area (Å²) < 4.78 is 0. The Morgan fingerprint density at radius 1 is 1.70 bits per heavy atom. The molecule has 1 rings (SSSR count). The van der Waals surface area contributed by atoms with Crippen molar-refractivity contribution >= 4 is 6.29 Å². The van der Waals surface area contributed by atoms with Crippen LogP contribution in [-0.2, 0) is 4.79 Å². The molecule has 1 fully saturated rings. The second-order valence-electron chi connectivity index (χ2n) is 2.64. The van der Waals surface area contributed by atoms with Crippen LogP contribution in [0.25, 0.3) is 0 Å². The summed E-state index contributed by atoms with van der Waals surface area (Å²) in [6.45, 7) is 5.79. The number of nitrogens with zero attached hydrogens (tertiary/aromatic N) is 1. The summed E-state index contributed by atoms with van der Waals surface area (Å²) in [6, 6.07) is 0.630. The van der Waals surface area contributed by atoms with Gasteiger partial charge in [-0.25, -0.2) is 0 Å². The van der Waals surface area contributed by atoms with Crippen molar-refractivity contribution in [1.29, 1.82) is 0 Å². The fraction of sp³-hybridized carbons (Fsp3) is 0.857. The number of carbonyl (C=O) groups excluding carboxylic acids is 1. The number of nitrogens with one attached hydrogen (secondary N) is 1. The van der Waals surface area contributed by atoms with Gasteiger partial charge in [-0.1, -0.05) is 6.92 Å². The predicted molar refractivity (Wildman–Crippen MR) is 40.0 cm³/mol. The highest BCUT2D eigenvalue weighted by Gasteiger charge is 2.24. The Hall–Kier alpha value is -0.410. The van der Waals surface area contributed by atoms with Crippen molar-refractivity contribution in [2.75, 3.05) is 26.2 Å². The van der Waals surface area contributed by atoms with Gasteiger partial charge in [0.05, 0.1) is 6.54 Å². The van der Waals surface area contributed by atoms with E-state index >= 15 is 0 Å². The van der Waals surface area contributed by atoms with Crippen LogP contribution in [0, 0.1) is 0 Å². The van der Waals surface area contributed by atoms with Crippen LogP contribution < -0.4 is 5.32 Å². The van der Waals surface area contributed by atoms with Crippen LogP contribution in [0.2, 0.25) is 0 Å².